The lowest BCUT2D eigenvalue weighted by Crippen LogP contribution is -2.51. The van der Waals surface area contributed by atoms with Crippen LogP contribution in [0.1, 0.15) is 33.6 Å². The van der Waals surface area contributed by atoms with Gasteiger partial charge in [0.1, 0.15) is 0 Å². The predicted molar refractivity (Wildman–Crippen MR) is 71.2 cm³/mol. The molecular formula is C14H28N2O. The summed E-state index contributed by atoms with van der Waals surface area (Å²) in [5.41, 5.74) is 0.529. The van der Waals surface area contributed by atoms with Crippen LogP contribution in [0, 0.1) is 11.3 Å². The van der Waals surface area contributed by atoms with Crippen molar-refractivity contribution in [1.82, 2.24) is 10.2 Å². The smallest absolute Gasteiger partial charge is 0.0826 e. The third-order valence-corrected chi connectivity index (χ3v) is 4.36. The fraction of sp³-hybridized carbons (Fsp3) is 1.00. The Hall–Kier alpha value is -0.120. The van der Waals surface area contributed by atoms with Gasteiger partial charge >= 0.3 is 0 Å². The Morgan fingerprint density at radius 1 is 1.35 bits per heavy atom. The van der Waals surface area contributed by atoms with Crippen LogP contribution in [0.2, 0.25) is 0 Å². The molecule has 0 aromatic rings. The van der Waals surface area contributed by atoms with Crippen LogP contribution in [0.5, 0.6) is 0 Å². The zero-order valence-electron chi connectivity index (χ0n) is 11.8. The van der Waals surface area contributed by atoms with Crippen LogP contribution in [-0.4, -0.2) is 50.3 Å². The van der Waals surface area contributed by atoms with Crippen molar-refractivity contribution in [3.8, 4) is 0 Å². The monoisotopic (exact) mass is 240 g/mol. The van der Waals surface area contributed by atoms with Crippen LogP contribution >= 0.6 is 0 Å². The molecule has 0 aromatic carbocycles. The Kier molecular flexibility index (Phi) is 4.11. The summed E-state index contributed by atoms with van der Waals surface area (Å²) in [6.45, 7) is 11.3. The SMILES string of the molecule is CNCC1CN(C2CC(C)(C)CC2C)CCO1. The number of rotatable bonds is 3. The summed E-state index contributed by atoms with van der Waals surface area (Å²) in [5.74, 6) is 0.832. The molecule has 1 aliphatic heterocycles. The maximum absolute atomic E-state index is 5.79. The maximum Gasteiger partial charge on any atom is 0.0826 e. The van der Waals surface area contributed by atoms with E-state index in [0.717, 1.165) is 38.2 Å². The molecule has 3 atom stereocenters. The second-order valence-corrected chi connectivity index (χ2v) is 6.66. The van der Waals surface area contributed by atoms with Gasteiger partial charge in [0.05, 0.1) is 12.7 Å². The minimum atomic E-state index is 0.379. The second kappa shape index (κ2) is 5.25. The molecule has 0 radical (unpaired) electrons. The number of morpholine rings is 1. The highest BCUT2D eigenvalue weighted by Crippen LogP contribution is 2.43. The molecule has 2 aliphatic rings. The van der Waals surface area contributed by atoms with E-state index in [-0.39, 0.29) is 0 Å². The predicted octanol–water partition coefficient (Wildman–Crippen LogP) is 1.73. The van der Waals surface area contributed by atoms with Crippen LogP contribution in [0.4, 0.5) is 0 Å². The second-order valence-electron chi connectivity index (χ2n) is 6.66. The van der Waals surface area contributed by atoms with Crippen LogP contribution in [0.25, 0.3) is 0 Å². The number of hydrogen-bond donors (Lipinski definition) is 1. The number of likely N-dealkylation sites (N-methyl/N-ethyl adjacent to an activating group) is 1. The van der Waals surface area contributed by atoms with E-state index < -0.39 is 0 Å². The van der Waals surface area contributed by atoms with Gasteiger partial charge in [-0.15, -0.1) is 0 Å². The number of nitrogens with zero attached hydrogens (tertiary/aromatic N) is 1. The molecule has 3 nitrogen and oxygen atoms in total. The molecular weight excluding hydrogens is 212 g/mol. The van der Waals surface area contributed by atoms with Gasteiger partial charge in [-0.1, -0.05) is 20.8 Å². The fourth-order valence-electron chi connectivity index (χ4n) is 3.74. The van der Waals surface area contributed by atoms with Crippen molar-refractivity contribution in [3.63, 3.8) is 0 Å². The number of ether oxygens (including phenoxy) is 1. The summed E-state index contributed by atoms with van der Waals surface area (Å²) in [7, 11) is 2.00. The Morgan fingerprint density at radius 3 is 2.71 bits per heavy atom. The van der Waals surface area contributed by atoms with Crippen molar-refractivity contribution < 1.29 is 4.74 Å². The summed E-state index contributed by atoms with van der Waals surface area (Å²) < 4.78 is 5.79. The first-order valence-corrected chi connectivity index (χ1v) is 7.02. The molecule has 3 unspecified atom stereocenters. The average Bonchev–Trinajstić information content (AvgIpc) is 2.53. The molecule has 1 aliphatic carbocycles. The van der Waals surface area contributed by atoms with Crippen molar-refractivity contribution >= 4 is 0 Å². The van der Waals surface area contributed by atoms with Gasteiger partial charge in [0.25, 0.3) is 0 Å². The maximum atomic E-state index is 5.79. The van der Waals surface area contributed by atoms with Crippen molar-refractivity contribution in [3.05, 3.63) is 0 Å². The van der Waals surface area contributed by atoms with E-state index in [1.165, 1.54) is 12.8 Å². The van der Waals surface area contributed by atoms with Gasteiger partial charge in [-0.05, 0) is 31.2 Å². The average molecular weight is 240 g/mol. The Labute approximate surface area is 106 Å². The lowest BCUT2D eigenvalue weighted by Gasteiger charge is -2.38. The third kappa shape index (κ3) is 3.21. The summed E-state index contributed by atoms with van der Waals surface area (Å²) in [5, 5.41) is 3.22. The Morgan fingerprint density at radius 2 is 2.12 bits per heavy atom. The summed E-state index contributed by atoms with van der Waals surface area (Å²) in [6.07, 6.45) is 3.09. The highest BCUT2D eigenvalue weighted by Gasteiger charge is 2.40. The van der Waals surface area contributed by atoms with Gasteiger partial charge < -0.3 is 10.1 Å². The molecule has 1 saturated carbocycles. The van der Waals surface area contributed by atoms with Gasteiger partial charge in [0, 0.05) is 25.7 Å². The van der Waals surface area contributed by atoms with E-state index in [1.807, 2.05) is 7.05 Å². The van der Waals surface area contributed by atoms with Crippen LogP contribution in [0.3, 0.4) is 0 Å². The quantitative estimate of drug-likeness (QED) is 0.813. The van der Waals surface area contributed by atoms with E-state index >= 15 is 0 Å². The van der Waals surface area contributed by atoms with E-state index in [1.54, 1.807) is 0 Å². The molecule has 2 rings (SSSR count). The summed E-state index contributed by atoms with van der Waals surface area (Å²) in [6, 6.07) is 0.772. The first-order chi connectivity index (χ1) is 8.02. The molecule has 1 N–H and O–H groups in total. The first-order valence-electron chi connectivity index (χ1n) is 7.02. The van der Waals surface area contributed by atoms with E-state index in [9.17, 15) is 0 Å². The van der Waals surface area contributed by atoms with Crippen molar-refractivity contribution in [2.24, 2.45) is 11.3 Å². The van der Waals surface area contributed by atoms with Gasteiger partial charge in [-0.3, -0.25) is 4.90 Å². The minimum absolute atomic E-state index is 0.379. The zero-order chi connectivity index (χ0) is 12.5. The van der Waals surface area contributed by atoms with Gasteiger partial charge in [0.2, 0.25) is 0 Å². The largest absolute Gasteiger partial charge is 0.374 e. The summed E-state index contributed by atoms with van der Waals surface area (Å²) >= 11 is 0. The number of nitrogens with one attached hydrogen (secondary N) is 1. The van der Waals surface area contributed by atoms with Gasteiger partial charge in [-0.2, -0.15) is 0 Å². The van der Waals surface area contributed by atoms with Crippen LogP contribution < -0.4 is 5.32 Å². The van der Waals surface area contributed by atoms with Crippen molar-refractivity contribution in [2.45, 2.75) is 45.8 Å². The molecule has 3 heteroatoms. The molecule has 100 valence electrons. The highest BCUT2D eigenvalue weighted by molar-refractivity contribution is 4.94. The lowest BCUT2D eigenvalue weighted by atomic mass is 9.91. The molecule has 1 heterocycles. The molecule has 0 aromatic heterocycles. The minimum Gasteiger partial charge on any atom is -0.374 e. The van der Waals surface area contributed by atoms with E-state index in [4.69, 9.17) is 4.74 Å². The molecule has 2 fully saturated rings. The van der Waals surface area contributed by atoms with Crippen LogP contribution in [-0.2, 0) is 4.74 Å². The zero-order valence-corrected chi connectivity index (χ0v) is 11.8. The fourth-order valence-corrected chi connectivity index (χ4v) is 3.74. The van der Waals surface area contributed by atoms with E-state index in [0.29, 0.717) is 11.5 Å². The Balaban J connectivity index is 1.93. The highest BCUT2D eigenvalue weighted by atomic mass is 16.5. The number of hydrogen-bond acceptors (Lipinski definition) is 3. The lowest BCUT2D eigenvalue weighted by molar-refractivity contribution is -0.0463. The molecule has 0 bridgehead atoms. The standard InChI is InChI=1S/C14H28N2O/c1-11-7-14(2,3)8-13(11)16-5-6-17-12(10-16)9-15-4/h11-13,15H,5-10H2,1-4H3. The van der Waals surface area contributed by atoms with Gasteiger partial charge in [-0.25, -0.2) is 0 Å². The normalized spacial score (nSPS) is 38.5. The van der Waals surface area contributed by atoms with E-state index in [2.05, 4.69) is 31.0 Å². The molecule has 0 spiro atoms. The Bertz CT molecular complexity index is 253. The molecule has 0 amide bonds. The van der Waals surface area contributed by atoms with Crippen molar-refractivity contribution in [1.29, 1.82) is 0 Å². The van der Waals surface area contributed by atoms with Gasteiger partial charge in [0.15, 0.2) is 0 Å². The molecule has 1 saturated heterocycles. The third-order valence-electron chi connectivity index (χ3n) is 4.36. The summed E-state index contributed by atoms with van der Waals surface area (Å²) in [4.78, 5) is 2.67. The first kappa shape index (κ1) is 13.3. The van der Waals surface area contributed by atoms with Crippen LogP contribution in [0.15, 0.2) is 0 Å². The van der Waals surface area contributed by atoms with Crippen molar-refractivity contribution in [2.75, 3.05) is 33.3 Å². The topological polar surface area (TPSA) is 24.5 Å². The molecule has 17 heavy (non-hydrogen) atoms.